The summed E-state index contributed by atoms with van der Waals surface area (Å²) in [6, 6.07) is 9.46. The van der Waals surface area contributed by atoms with Gasteiger partial charge in [-0.15, -0.1) is 11.3 Å². The van der Waals surface area contributed by atoms with Crippen LogP contribution in [0.4, 0.5) is 11.4 Å². The first-order valence-electron chi connectivity index (χ1n) is 8.39. The van der Waals surface area contributed by atoms with Gasteiger partial charge in [-0.3, -0.25) is 9.59 Å². The average Bonchev–Trinajstić information content (AvgIpc) is 3.27. The molecule has 26 heavy (non-hydrogen) atoms. The van der Waals surface area contributed by atoms with Gasteiger partial charge in [0, 0.05) is 18.7 Å². The highest BCUT2D eigenvalue weighted by Crippen LogP contribution is 2.28. The maximum absolute atomic E-state index is 12.6. The van der Waals surface area contributed by atoms with Gasteiger partial charge in [-0.2, -0.15) is 0 Å². The molecule has 0 bridgehead atoms. The number of benzene rings is 1. The summed E-state index contributed by atoms with van der Waals surface area (Å²) in [5.41, 5.74) is 2.42. The molecule has 7 heteroatoms. The molecule has 1 aliphatic rings. The number of methoxy groups -OCH3 is 1. The van der Waals surface area contributed by atoms with Gasteiger partial charge in [0.25, 0.3) is 0 Å². The van der Waals surface area contributed by atoms with E-state index < -0.39 is 11.9 Å². The summed E-state index contributed by atoms with van der Waals surface area (Å²) in [7, 11) is 1.30. The topological polar surface area (TPSA) is 75.7 Å². The van der Waals surface area contributed by atoms with Crippen LogP contribution in [0.5, 0.6) is 0 Å². The third-order valence-corrected chi connectivity index (χ3v) is 5.34. The van der Waals surface area contributed by atoms with Crippen LogP contribution in [0.1, 0.15) is 28.6 Å². The van der Waals surface area contributed by atoms with Crippen molar-refractivity contribution in [3.05, 3.63) is 46.2 Å². The van der Waals surface area contributed by atoms with E-state index in [1.165, 1.54) is 24.0 Å². The van der Waals surface area contributed by atoms with Crippen molar-refractivity contribution in [2.75, 3.05) is 23.9 Å². The van der Waals surface area contributed by atoms with Crippen LogP contribution >= 0.6 is 11.3 Å². The molecule has 6 nitrogen and oxygen atoms in total. The van der Waals surface area contributed by atoms with E-state index in [0.29, 0.717) is 17.1 Å². The second-order valence-corrected chi connectivity index (χ2v) is 6.99. The van der Waals surface area contributed by atoms with Crippen LogP contribution in [0, 0.1) is 5.92 Å². The van der Waals surface area contributed by atoms with Crippen molar-refractivity contribution in [3.63, 3.8) is 0 Å². The normalized spacial score (nSPS) is 16.6. The SMILES string of the molecule is CCc1ccc(N2CC(C(=O)Nc3ccsc3C(=O)OC)CC2=O)cc1. The molecule has 1 N–H and O–H groups in total. The number of hydrogen-bond acceptors (Lipinski definition) is 5. The Morgan fingerprint density at radius 3 is 2.65 bits per heavy atom. The molecule has 1 aliphatic heterocycles. The first kappa shape index (κ1) is 18.1. The number of hydrogen-bond donors (Lipinski definition) is 1. The van der Waals surface area contributed by atoms with Crippen LogP contribution in [0.15, 0.2) is 35.7 Å². The highest BCUT2D eigenvalue weighted by Gasteiger charge is 2.35. The molecular formula is C19H20N2O4S. The van der Waals surface area contributed by atoms with E-state index in [0.717, 1.165) is 12.1 Å². The zero-order chi connectivity index (χ0) is 18.7. The highest BCUT2D eigenvalue weighted by molar-refractivity contribution is 7.12. The first-order chi connectivity index (χ1) is 12.5. The van der Waals surface area contributed by atoms with E-state index in [4.69, 9.17) is 4.74 Å². The van der Waals surface area contributed by atoms with Gasteiger partial charge in [-0.05, 0) is 35.6 Å². The number of nitrogens with zero attached hydrogens (tertiary/aromatic N) is 1. The Balaban J connectivity index is 1.69. The molecule has 136 valence electrons. The smallest absolute Gasteiger partial charge is 0.350 e. The molecule has 0 spiro atoms. The Kier molecular flexibility index (Phi) is 5.37. The Hall–Kier alpha value is -2.67. The Morgan fingerprint density at radius 2 is 2.00 bits per heavy atom. The molecule has 2 heterocycles. The second-order valence-electron chi connectivity index (χ2n) is 6.07. The predicted octanol–water partition coefficient (Wildman–Crippen LogP) is 3.09. The van der Waals surface area contributed by atoms with Gasteiger partial charge in [0.15, 0.2) is 0 Å². The van der Waals surface area contributed by atoms with Gasteiger partial charge in [0.05, 0.1) is 18.7 Å². The number of nitrogens with one attached hydrogen (secondary N) is 1. The Bertz CT molecular complexity index is 828. The number of rotatable bonds is 5. The minimum Gasteiger partial charge on any atom is -0.465 e. The molecule has 0 saturated carbocycles. The van der Waals surface area contributed by atoms with Crippen LogP contribution in [-0.2, 0) is 20.7 Å². The summed E-state index contributed by atoms with van der Waals surface area (Å²) < 4.78 is 4.71. The minimum atomic E-state index is -0.490. The fourth-order valence-corrected chi connectivity index (χ4v) is 3.70. The summed E-state index contributed by atoms with van der Waals surface area (Å²) in [5, 5.41) is 4.46. The van der Waals surface area contributed by atoms with E-state index in [-0.39, 0.29) is 18.2 Å². The second kappa shape index (κ2) is 7.70. The number of esters is 1. The molecule has 1 atom stereocenters. The van der Waals surface area contributed by atoms with Crippen molar-refractivity contribution >= 4 is 40.5 Å². The fraction of sp³-hybridized carbons (Fsp3) is 0.316. The molecule has 0 radical (unpaired) electrons. The number of aryl methyl sites for hydroxylation is 1. The number of ether oxygens (including phenoxy) is 1. The monoisotopic (exact) mass is 372 g/mol. The molecule has 1 fully saturated rings. The molecule has 2 amide bonds. The maximum atomic E-state index is 12.6. The number of thiophene rings is 1. The lowest BCUT2D eigenvalue weighted by Crippen LogP contribution is -2.28. The first-order valence-corrected chi connectivity index (χ1v) is 9.27. The molecule has 1 saturated heterocycles. The summed E-state index contributed by atoms with van der Waals surface area (Å²) in [6.07, 6.45) is 1.08. The van der Waals surface area contributed by atoms with E-state index in [1.54, 1.807) is 16.3 Å². The Morgan fingerprint density at radius 1 is 1.27 bits per heavy atom. The number of carbonyl (C=O) groups is 3. The van der Waals surface area contributed by atoms with Crippen molar-refractivity contribution in [1.29, 1.82) is 0 Å². The summed E-state index contributed by atoms with van der Waals surface area (Å²) in [5.74, 6) is -1.29. The van der Waals surface area contributed by atoms with Crippen LogP contribution in [0.2, 0.25) is 0 Å². The molecule has 3 rings (SSSR count). The summed E-state index contributed by atoms with van der Waals surface area (Å²) in [6.45, 7) is 2.40. The molecule has 2 aromatic rings. The third-order valence-electron chi connectivity index (χ3n) is 4.45. The van der Waals surface area contributed by atoms with E-state index >= 15 is 0 Å². The van der Waals surface area contributed by atoms with Gasteiger partial charge in [0.1, 0.15) is 4.88 Å². The molecule has 1 aromatic carbocycles. The summed E-state index contributed by atoms with van der Waals surface area (Å²) >= 11 is 1.20. The fourth-order valence-electron chi connectivity index (χ4n) is 2.94. The van der Waals surface area contributed by atoms with Crippen LogP contribution in [-0.4, -0.2) is 31.4 Å². The van der Waals surface area contributed by atoms with Crippen LogP contribution in [0.25, 0.3) is 0 Å². The lowest BCUT2D eigenvalue weighted by molar-refractivity contribution is -0.122. The molecule has 1 unspecified atom stereocenters. The predicted molar refractivity (Wildman–Crippen MR) is 101 cm³/mol. The standard InChI is InChI=1S/C19H20N2O4S/c1-3-12-4-6-14(7-5-12)21-11-13(10-16(21)22)18(23)20-15-8-9-26-17(15)19(24)25-2/h4-9,13H,3,10-11H2,1-2H3,(H,20,23). The zero-order valence-corrected chi connectivity index (χ0v) is 15.5. The third kappa shape index (κ3) is 3.62. The van der Waals surface area contributed by atoms with Gasteiger partial charge < -0.3 is 15.0 Å². The van der Waals surface area contributed by atoms with Gasteiger partial charge in [-0.25, -0.2) is 4.79 Å². The van der Waals surface area contributed by atoms with E-state index in [9.17, 15) is 14.4 Å². The van der Waals surface area contributed by atoms with Gasteiger partial charge >= 0.3 is 5.97 Å². The quantitative estimate of drug-likeness (QED) is 0.819. The van der Waals surface area contributed by atoms with Crippen LogP contribution in [0.3, 0.4) is 0 Å². The van der Waals surface area contributed by atoms with Gasteiger partial charge in [-0.1, -0.05) is 19.1 Å². The van der Waals surface area contributed by atoms with Crippen molar-refractivity contribution < 1.29 is 19.1 Å². The average molecular weight is 372 g/mol. The molecule has 0 aliphatic carbocycles. The number of amides is 2. The van der Waals surface area contributed by atoms with Crippen molar-refractivity contribution in [1.82, 2.24) is 0 Å². The zero-order valence-electron chi connectivity index (χ0n) is 14.7. The molecule has 1 aromatic heterocycles. The minimum absolute atomic E-state index is 0.0760. The largest absolute Gasteiger partial charge is 0.465 e. The van der Waals surface area contributed by atoms with Crippen molar-refractivity contribution in [2.45, 2.75) is 19.8 Å². The van der Waals surface area contributed by atoms with Gasteiger partial charge in [0.2, 0.25) is 11.8 Å². The van der Waals surface area contributed by atoms with Crippen molar-refractivity contribution in [2.24, 2.45) is 5.92 Å². The molecular weight excluding hydrogens is 352 g/mol. The maximum Gasteiger partial charge on any atom is 0.350 e. The van der Waals surface area contributed by atoms with E-state index in [1.807, 2.05) is 24.3 Å². The lowest BCUT2D eigenvalue weighted by atomic mass is 10.1. The Labute approximate surface area is 155 Å². The lowest BCUT2D eigenvalue weighted by Gasteiger charge is -2.17. The van der Waals surface area contributed by atoms with Crippen LogP contribution < -0.4 is 10.2 Å². The summed E-state index contributed by atoms with van der Waals surface area (Å²) in [4.78, 5) is 38.6. The van der Waals surface area contributed by atoms with E-state index in [2.05, 4.69) is 12.2 Å². The highest BCUT2D eigenvalue weighted by atomic mass is 32.1. The number of carbonyl (C=O) groups excluding carboxylic acids is 3. The number of anilines is 2. The van der Waals surface area contributed by atoms with Crippen molar-refractivity contribution in [3.8, 4) is 0 Å².